The van der Waals surface area contributed by atoms with Crippen molar-refractivity contribution in [2.24, 2.45) is 5.92 Å². The first-order chi connectivity index (χ1) is 20.6. The van der Waals surface area contributed by atoms with Crippen molar-refractivity contribution in [2.75, 3.05) is 12.4 Å². The van der Waals surface area contributed by atoms with Gasteiger partial charge in [0.25, 0.3) is 0 Å². The molecule has 7 rings (SSSR count). The van der Waals surface area contributed by atoms with Gasteiger partial charge in [0.15, 0.2) is 5.65 Å². The van der Waals surface area contributed by atoms with Gasteiger partial charge in [0.05, 0.1) is 30.4 Å². The first-order valence-electron chi connectivity index (χ1n) is 14.0. The number of halogens is 1. The molecule has 210 valence electrons. The number of hydrogen-bond acceptors (Lipinski definition) is 6. The number of nitrogens with zero attached hydrogens (tertiary/aromatic N) is 4. The summed E-state index contributed by atoms with van der Waals surface area (Å²) < 4.78 is 19.6. The molecule has 0 spiro atoms. The molecule has 0 bridgehead atoms. The Balaban J connectivity index is 1.23. The quantitative estimate of drug-likeness (QED) is 0.203. The molecule has 0 unspecified atom stereocenters. The summed E-state index contributed by atoms with van der Waals surface area (Å²) in [4.78, 5) is 29.7. The molecule has 1 saturated carbocycles. The molecular weight excluding hydrogens is 533 g/mol. The van der Waals surface area contributed by atoms with E-state index >= 15 is 0 Å². The van der Waals surface area contributed by atoms with Gasteiger partial charge in [0, 0.05) is 63.6 Å². The SMILES string of the molecule is COc1cc(F)cc(-c2nccc3[nH]c(-c4n[nH]c5ncc(-c6cncc(NC(=O)C7CCCCC7)c6)cc45)cc23)c1. The molecule has 6 aromatic rings. The smallest absolute Gasteiger partial charge is 0.227 e. The van der Waals surface area contributed by atoms with Crippen molar-refractivity contribution in [3.63, 3.8) is 0 Å². The Hall–Kier alpha value is -5.12. The van der Waals surface area contributed by atoms with Crippen LogP contribution in [0.2, 0.25) is 0 Å². The fourth-order valence-corrected chi connectivity index (χ4v) is 5.77. The Kier molecular flexibility index (Phi) is 6.58. The third kappa shape index (κ3) is 4.85. The number of amides is 1. The van der Waals surface area contributed by atoms with Gasteiger partial charge in [0.2, 0.25) is 5.91 Å². The van der Waals surface area contributed by atoms with Crippen molar-refractivity contribution >= 4 is 33.5 Å². The molecule has 5 aromatic heterocycles. The molecule has 1 aliphatic rings. The highest BCUT2D eigenvalue weighted by atomic mass is 19.1. The van der Waals surface area contributed by atoms with Gasteiger partial charge in [-0.1, -0.05) is 19.3 Å². The number of H-pyrrole nitrogens is 2. The minimum atomic E-state index is -0.400. The average molecular weight is 562 g/mol. The summed E-state index contributed by atoms with van der Waals surface area (Å²) in [5.74, 6) is 0.138. The maximum atomic E-state index is 14.3. The molecule has 1 amide bonds. The van der Waals surface area contributed by atoms with Crippen LogP contribution in [-0.2, 0) is 4.79 Å². The molecule has 0 saturated heterocycles. The first kappa shape index (κ1) is 25.8. The first-order valence-corrected chi connectivity index (χ1v) is 14.0. The number of benzene rings is 1. The lowest BCUT2D eigenvalue weighted by atomic mass is 9.88. The predicted octanol–water partition coefficient (Wildman–Crippen LogP) is 6.90. The number of fused-ring (bicyclic) bond motifs is 2. The van der Waals surface area contributed by atoms with Crippen LogP contribution in [0, 0.1) is 11.7 Å². The highest BCUT2D eigenvalue weighted by Crippen LogP contribution is 2.35. The Morgan fingerprint density at radius 2 is 1.79 bits per heavy atom. The van der Waals surface area contributed by atoms with Gasteiger partial charge in [-0.2, -0.15) is 5.10 Å². The van der Waals surface area contributed by atoms with Gasteiger partial charge in [-0.05, 0) is 49.2 Å². The summed E-state index contributed by atoms with van der Waals surface area (Å²) in [5, 5.41) is 12.3. The van der Waals surface area contributed by atoms with Crippen molar-refractivity contribution in [2.45, 2.75) is 32.1 Å². The number of nitrogens with one attached hydrogen (secondary N) is 3. The van der Waals surface area contributed by atoms with Crippen molar-refractivity contribution in [3.05, 3.63) is 73.1 Å². The van der Waals surface area contributed by atoms with E-state index in [9.17, 15) is 9.18 Å². The molecule has 5 heterocycles. The number of aromatic amines is 2. The second kappa shape index (κ2) is 10.7. The van der Waals surface area contributed by atoms with Crippen molar-refractivity contribution < 1.29 is 13.9 Å². The van der Waals surface area contributed by atoms with E-state index in [4.69, 9.17) is 4.74 Å². The van der Waals surface area contributed by atoms with Crippen molar-refractivity contribution in [1.29, 1.82) is 0 Å². The number of ether oxygens (including phenoxy) is 1. The van der Waals surface area contributed by atoms with Crippen molar-refractivity contribution in [3.8, 4) is 39.5 Å². The monoisotopic (exact) mass is 561 g/mol. The van der Waals surface area contributed by atoms with E-state index in [0.29, 0.717) is 34.0 Å². The van der Waals surface area contributed by atoms with Crippen molar-refractivity contribution in [1.82, 2.24) is 30.1 Å². The molecule has 9 nitrogen and oxygen atoms in total. The molecule has 42 heavy (non-hydrogen) atoms. The van der Waals surface area contributed by atoms with Crippen LogP contribution in [-0.4, -0.2) is 43.2 Å². The third-order valence-electron chi connectivity index (χ3n) is 7.92. The number of carbonyl (C=O) groups is 1. The number of methoxy groups -OCH3 is 1. The molecule has 0 aliphatic heterocycles. The number of anilines is 1. The summed E-state index contributed by atoms with van der Waals surface area (Å²) in [6, 6.07) is 12.3. The van der Waals surface area contributed by atoms with Gasteiger partial charge >= 0.3 is 0 Å². The number of hydrogen-bond donors (Lipinski definition) is 3. The maximum Gasteiger partial charge on any atom is 0.227 e. The van der Waals surface area contributed by atoms with E-state index in [1.165, 1.54) is 25.7 Å². The van der Waals surface area contributed by atoms with Gasteiger partial charge < -0.3 is 15.0 Å². The second-order valence-corrected chi connectivity index (χ2v) is 10.7. The summed E-state index contributed by atoms with van der Waals surface area (Å²) in [5.41, 5.74) is 6.51. The summed E-state index contributed by atoms with van der Waals surface area (Å²) in [6.07, 6.45) is 12.1. The van der Waals surface area contributed by atoms with Crippen LogP contribution < -0.4 is 10.1 Å². The molecule has 1 aliphatic carbocycles. The van der Waals surface area contributed by atoms with E-state index in [1.54, 1.807) is 30.9 Å². The standard InChI is InChI=1S/C32H28FN7O2/c1-42-24-11-19(9-22(33)13-24)29-25-14-28(38-27(25)7-8-35-29)30-26-12-21(16-36-31(26)40-39-30)20-10-23(17-34-15-20)37-32(41)18-5-3-2-4-6-18/h7-18,38H,2-6H2,1H3,(H,37,41)(H,36,39,40). The predicted molar refractivity (Wildman–Crippen MR) is 159 cm³/mol. The Morgan fingerprint density at radius 3 is 2.64 bits per heavy atom. The van der Waals surface area contributed by atoms with Crippen LogP contribution in [0.5, 0.6) is 5.75 Å². The zero-order valence-electron chi connectivity index (χ0n) is 22.9. The second-order valence-electron chi connectivity index (χ2n) is 10.7. The van der Waals surface area contributed by atoms with Crippen LogP contribution in [0.4, 0.5) is 10.1 Å². The average Bonchev–Trinajstić information content (AvgIpc) is 3.65. The molecule has 0 radical (unpaired) electrons. The van der Waals surface area contributed by atoms with Gasteiger partial charge in [-0.3, -0.25) is 19.9 Å². The van der Waals surface area contributed by atoms with Gasteiger partial charge in [0.1, 0.15) is 17.3 Å². The van der Waals surface area contributed by atoms with Crippen LogP contribution in [0.25, 0.3) is 55.7 Å². The summed E-state index contributed by atoms with van der Waals surface area (Å²) in [7, 11) is 1.51. The molecule has 1 fully saturated rings. The van der Waals surface area contributed by atoms with Crippen LogP contribution in [0.1, 0.15) is 32.1 Å². The van der Waals surface area contributed by atoms with E-state index in [-0.39, 0.29) is 11.8 Å². The third-order valence-corrected chi connectivity index (χ3v) is 7.92. The minimum Gasteiger partial charge on any atom is -0.497 e. The fraction of sp³-hybridized carbons (Fsp3) is 0.219. The van der Waals surface area contributed by atoms with E-state index in [0.717, 1.165) is 58.8 Å². The molecular formula is C32H28FN7O2. The number of rotatable bonds is 6. The molecule has 3 N–H and O–H groups in total. The lowest BCUT2D eigenvalue weighted by Gasteiger charge is -2.20. The fourth-order valence-electron chi connectivity index (χ4n) is 5.77. The van der Waals surface area contributed by atoms with Gasteiger partial charge in [-0.15, -0.1) is 0 Å². The zero-order chi connectivity index (χ0) is 28.6. The minimum absolute atomic E-state index is 0.0590. The highest BCUT2D eigenvalue weighted by molar-refractivity contribution is 6.00. The Labute approximate surface area is 240 Å². The molecule has 1 aromatic carbocycles. The lowest BCUT2D eigenvalue weighted by molar-refractivity contribution is -0.120. The zero-order valence-corrected chi connectivity index (χ0v) is 22.9. The molecule has 10 heteroatoms. The van der Waals surface area contributed by atoms with Crippen LogP contribution in [0.15, 0.2) is 67.3 Å². The molecule has 0 atom stereocenters. The summed E-state index contributed by atoms with van der Waals surface area (Å²) in [6.45, 7) is 0. The van der Waals surface area contributed by atoms with Crippen LogP contribution >= 0.6 is 0 Å². The van der Waals surface area contributed by atoms with E-state index in [1.807, 2.05) is 24.3 Å². The number of carbonyl (C=O) groups excluding carboxylic acids is 1. The number of aromatic nitrogens is 6. The largest absolute Gasteiger partial charge is 0.497 e. The van der Waals surface area contributed by atoms with Crippen LogP contribution in [0.3, 0.4) is 0 Å². The van der Waals surface area contributed by atoms with E-state index in [2.05, 4.69) is 35.5 Å². The summed E-state index contributed by atoms with van der Waals surface area (Å²) >= 11 is 0. The highest BCUT2D eigenvalue weighted by Gasteiger charge is 2.21. The Bertz CT molecular complexity index is 1940. The Morgan fingerprint density at radius 1 is 0.929 bits per heavy atom. The normalized spacial score (nSPS) is 14.0. The lowest BCUT2D eigenvalue weighted by Crippen LogP contribution is -2.24. The topological polar surface area (TPSA) is 121 Å². The van der Waals surface area contributed by atoms with Gasteiger partial charge in [-0.25, -0.2) is 9.37 Å². The van der Waals surface area contributed by atoms with E-state index < -0.39 is 5.82 Å². The number of pyridine rings is 3. The maximum absolute atomic E-state index is 14.3.